The van der Waals surface area contributed by atoms with Gasteiger partial charge in [0.05, 0.1) is 6.04 Å². The molecule has 3 rings (SSSR count). The van der Waals surface area contributed by atoms with Gasteiger partial charge in [0.1, 0.15) is 10.8 Å². The Morgan fingerprint density at radius 2 is 2.19 bits per heavy atom. The maximum absolute atomic E-state index is 13.2. The summed E-state index contributed by atoms with van der Waals surface area (Å²) in [6.45, 7) is 4.74. The lowest BCUT2D eigenvalue weighted by atomic mass is 10.1. The van der Waals surface area contributed by atoms with Crippen molar-refractivity contribution in [1.29, 1.82) is 0 Å². The minimum Gasteiger partial charge on any atom is -0.333 e. The summed E-state index contributed by atoms with van der Waals surface area (Å²) >= 11 is 1.18. The molecule has 6 nitrogen and oxygen atoms in total. The highest BCUT2D eigenvalue weighted by atomic mass is 32.1. The summed E-state index contributed by atoms with van der Waals surface area (Å²) in [5, 5.41) is 11.6. The molecule has 1 aromatic heterocycles. The van der Waals surface area contributed by atoms with E-state index in [0.717, 1.165) is 12.8 Å². The van der Waals surface area contributed by atoms with E-state index in [0.29, 0.717) is 29.6 Å². The highest BCUT2D eigenvalue weighted by Gasteiger charge is 2.33. The van der Waals surface area contributed by atoms with Crippen LogP contribution in [0.1, 0.15) is 54.0 Å². The van der Waals surface area contributed by atoms with Crippen LogP contribution in [-0.4, -0.2) is 33.5 Å². The van der Waals surface area contributed by atoms with Crippen molar-refractivity contribution in [2.45, 2.75) is 39.2 Å². The number of anilines is 1. The van der Waals surface area contributed by atoms with E-state index in [-0.39, 0.29) is 17.0 Å². The van der Waals surface area contributed by atoms with Gasteiger partial charge in [-0.25, -0.2) is 4.39 Å². The van der Waals surface area contributed by atoms with Gasteiger partial charge in [-0.15, -0.1) is 10.2 Å². The Labute approximate surface area is 155 Å². The van der Waals surface area contributed by atoms with Crippen molar-refractivity contribution in [3.05, 3.63) is 40.1 Å². The molecule has 8 heteroatoms. The molecule has 2 amide bonds. The zero-order valence-corrected chi connectivity index (χ0v) is 15.6. The van der Waals surface area contributed by atoms with Crippen LogP contribution in [0.3, 0.4) is 0 Å². The van der Waals surface area contributed by atoms with Gasteiger partial charge in [-0.05, 0) is 37.0 Å². The summed E-state index contributed by atoms with van der Waals surface area (Å²) in [6, 6.07) is 5.55. The maximum atomic E-state index is 13.2. The monoisotopic (exact) mass is 376 g/mol. The zero-order chi connectivity index (χ0) is 18.7. The fraction of sp³-hybridized carbons (Fsp3) is 0.444. The Kier molecular flexibility index (Phi) is 5.61. The fourth-order valence-electron chi connectivity index (χ4n) is 3.00. The highest BCUT2D eigenvalue weighted by Crippen LogP contribution is 2.34. The quantitative estimate of drug-likeness (QED) is 0.864. The molecule has 2 heterocycles. The topological polar surface area (TPSA) is 75.2 Å². The molecule has 1 saturated heterocycles. The molecule has 1 unspecified atom stereocenters. The largest absolute Gasteiger partial charge is 0.333 e. The second-order valence-corrected chi connectivity index (χ2v) is 7.76. The first-order valence-corrected chi connectivity index (χ1v) is 9.45. The molecule has 0 bridgehead atoms. The molecule has 0 radical (unpaired) electrons. The molecule has 0 aliphatic carbocycles. The van der Waals surface area contributed by atoms with E-state index >= 15 is 0 Å². The number of amides is 2. The van der Waals surface area contributed by atoms with Crippen LogP contribution in [0.2, 0.25) is 0 Å². The second-order valence-electron chi connectivity index (χ2n) is 6.75. The standard InChI is InChI=1S/C18H21FN4O2S/c1-11(2)9-15(24)23-8-4-7-14(23)17-21-22-18(26-17)16(25)20-13-6-3-5-12(19)10-13/h3,5-6,10-11,14H,4,7-9H2,1-2H3,(H,20,25). The van der Waals surface area contributed by atoms with Gasteiger partial charge in [0.15, 0.2) is 0 Å². The molecule has 1 aromatic carbocycles. The van der Waals surface area contributed by atoms with E-state index in [2.05, 4.69) is 15.5 Å². The predicted molar refractivity (Wildman–Crippen MR) is 97.4 cm³/mol. The van der Waals surface area contributed by atoms with Gasteiger partial charge in [-0.2, -0.15) is 0 Å². The minimum absolute atomic E-state index is 0.114. The Balaban J connectivity index is 1.70. The molecule has 1 aliphatic heterocycles. The van der Waals surface area contributed by atoms with E-state index < -0.39 is 11.7 Å². The number of hydrogen-bond acceptors (Lipinski definition) is 5. The molecule has 1 aliphatic rings. The molecule has 138 valence electrons. The number of rotatable bonds is 5. The first kappa shape index (κ1) is 18.4. The number of benzene rings is 1. The van der Waals surface area contributed by atoms with Crippen LogP contribution in [0.25, 0.3) is 0 Å². The molecular formula is C18H21FN4O2S. The normalized spacial score (nSPS) is 16.9. The summed E-state index contributed by atoms with van der Waals surface area (Å²) in [7, 11) is 0. The highest BCUT2D eigenvalue weighted by molar-refractivity contribution is 7.13. The summed E-state index contributed by atoms with van der Waals surface area (Å²) in [4.78, 5) is 26.6. The van der Waals surface area contributed by atoms with Crippen molar-refractivity contribution >= 4 is 28.8 Å². The average Bonchev–Trinajstić information content (AvgIpc) is 3.23. The molecule has 0 spiro atoms. The number of hydrogen-bond donors (Lipinski definition) is 1. The van der Waals surface area contributed by atoms with Crippen LogP contribution in [-0.2, 0) is 4.79 Å². The van der Waals surface area contributed by atoms with E-state index in [1.165, 1.54) is 29.5 Å². The number of carbonyl (C=O) groups is 2. The predicted octanol–water partition coefficient (Wildman–Crippen LogP) is 3.64. The second kappa shape index (κ2) is 7.90. The van der Waals surface area contributed by atoms with Crippen LogP contribution in [0.5, 0.6) is 0 Å². The molecule has 1 fully saturated rings. The van der Waals surface area contributed by atoms with Crippen LogP contribution >= 0.6 is 11.3 Å². The SMILES string of the molecule is CC(C)CC(=O)N1CCCC1c1nnc(C(=O)Nc2cccc(F)c2)s1. The molecular weight excluding hydrogens is 355 g/mol. The van der Waals surface area contributed by atoms with Crippen molar-refractivity contribution in [1.82, 2.24) is 15.1 Å². The first-order chi connectivity index (χ1) is 12.4. The summed E-state index contributed by atoms with van der Waals surface area (Å²) < 4.78 is 13.2. The van der Waals surface area contributed by atoms with E-state index in [1.807, 2.05) is 18.7 Å². The van der Waals surface area contributed by atoms with E-state index in [4.69, 9.17) is 0 Å². The van der Waals surface area contributed by atoms with Crippen LogP contribution in [0.15, 0.2) is 24.3 Å². The Bertz CT molecular complexity index is 808. The summed E-state index contributed by atoms with van der Waals surface area (Å²) in [5.41, 5.74) is 0.362. The molecule has 1 atom stereocenters. The average molecular weight is 376 g/mol. The van der Waals surface area contributed by atoms with Gasteiger partial charge in [-0.3, -0.25) is 9.59 Å². The van der Waals surface area contributed by atoms with Gasteiger partial charge >= 0.3 is 0 Å². The fourth-order valence-corrected chi connectivity index (χ4v) is 3.89. The molecule has 2 aromatic rings. The third-order valence-corrected chi connectivity index (χ3v) is 5.18. The van der Waals surface area contributed by atoms with Crippen LogP contribution in [0.4, 0.5) is 10.1 Å². The zero-order valence-electron chi connectivity index (χ0n) is 14.7. The van der Waals surface area contributed by atoms with Crippen molar-refractivity contribution in [3.8, 4) is 0 Å². The third-order valence-electron chi connectivity index (χ3n) is 4.16. The van der Waals surface area contributed by atoms with Crippen LogP contribution < -0.4 is 5.32 Å². The lowest BCUT2D eigenvalue weighted by molar-refractivity contribution is -0.132. The molecule has 0 saturated carbocycles. The lowest BCUT2D eigenvalue weighted by Crippen LogP contribution is -2.31. The summed E-state index contributed by atoms with van der Waals surface area (Å²) in [6.07, 6.45) is 2.24. The van der Waals surface area contributed by atoms with Crippen molar-refractivity contribution in [2.75, 3.05) is 11.9 Å². The summed E-state index contributed by atoms with van der Waals surface area (Å²) in [5.74, 6) is -0.447. The van der Waals surface area contributed by atoms with Crippen molar-refractivity contribution < 1.29 is 14.0 Å². The van der Waals surface area contributed by atoms with Gasteiger partial charge in [0.2, 0.25) is 10.9 Å². The molecule has 26 heavy (non-hydrogen) atoms. The van der Waals surface area contributed by atoms with Gasteiger partial charge in [0.25, 0.3) is 5.91 Å². The number of likely N-dealkylation sites (tertiary alicyclic amines) is 1. The maximum Gasteiger partial charge on any atom is 0.286 e. The van der Waals surface area contributed by atoms with Crippen molar-refractivity contribution in [3.63, 3.8) is 0 Å². The Morgan fingerprint density at radius 3 is 2.92 bits per heavy atom. The smallest absolute Gasteiger partial charge is 0.286 e. The Morgan fingerprint density at radius 1 is 1.38 bits per heavy atom. The van der Waals surface area contributed by atoms with Gasteiger partial charge in [-0.1, -0.05) is 31.3 Å². The van der Waals surface area contributed by atoms with Gasteiger partial charge in [0, 0.05) is 18.7 Å². The van der Waals surface area contributed by atoms with Crippen molar-refractivity contribution in [2.24, 2.45) is 5.92 Å². The number of carbonyl (C=O) groups excluding carboxylic acids is 2. The Hall–Kier alpha value is -2.35. The molecule has 1 N–H and O–H groups in total. The van der Waals surface area contributed by atoms with E-state index in [9.17, 15) is 14.0 Å². The minimum atomic E-state index is -0.433. The first-order valence-electron chi connectivity index (χ1n) is 8.64. The number of aromatic nitrogens is 2. The number of halogens is 1. The lowest BCUT2D eigenvalue weighted by Gasteiger charge is -2.23. The van der Waals surface area contributed by atoms with Gasteiger partial charge < -0.3 is 10.2 Å². The van der Waals surface area contributed by atoms with E-state index in [1.54, 1.807) is 6.07 Å². The third kappa shape index (κ3) is 4.24. The number of nitrogens with one attached hydrogen (secondary N) is 1. The van der Waals surface area contributed by atoms with Crippen LogP contribution in [0, 0.1) is 11.7 Å². The number of nitrogens with zero attached hydrogens (tertiary/aromatic N) is 3.